The van der Waals surface area contributed by atoms with E-state index in [2.05, 4.69) is 60.4 Å². The number of ether oxygens (including phenoxy) is 1. The van der Waals surface area contributed by atoms with E-state index in [9.17, 15) is 4.79 Å². The smallest absolute Gasteiger partial charge is 0.226 e. The monoisotopic (exact) mass is 428 g/mol. The molecule has 1 aromatic heterocycles. The van der Waals surface area contributed by atoms with Gasteiger partial charge in [-0.1, -0.05) is 57.2 Å². The molecule has 32 heavy (non-hydrogen) atoms. The molecule has 0 radical (unpaired) electrons. The molecule has 0 saturated carbocycles. The highest BCUT2D eigenvalue weighted by Crippen LogP contribution is 2.39. The number of ketones is 1. The van der Waals surface area contributed by atoms with Gasteiger partial charge in [-0.25, -0.2) is 4.68 Å². The number of nitrogens with one attached hydrogen (secondary N) is 1. The van der Waals surface area contributed by atoms with Crippen LogP contribution in [0.25, 0.3) is 0 Å². The van der Waals surface area contributed by atoms with Crippen LogP contribution < -0.4 is 10.1 Å². The molecule has 1 unspecified atom stereocenters. The number of fused-ring (bicyclic) bond motifs is 1. The van der Waals surface area contributed by atoms with Crippen molar-refractivity contribution in [3.05, 3.63) is 82.8 Å². The van der Waals surface area contributed by atoms with E-state index in [0.29, 0.717) is 19.0 Å². The van der Waals surface area contributed by atoms with Gasteiger partial charge in [0, 0.05) is 17.7 Å². The molecule has 164 valence electrons. The Labute approximate surface area is 188 Å². The molecule has 2 aliphatic rings. The van der Waals surface area contributed by atoms with Gasteiger partial charge in [0.25, 0.3) is 0 Å². The number of allylic oxidation sites excluding steroid dienone is 2. The molecule has 0 amide bonds. The molecule has 0 fully saturated rings. The van der Waals surface area contributed by atoms with Gasteiger partial charge in [-0.2, -0.15) is 10.1 Å². The zero-order chi connectivity index (χ0) is 22.3. The predicted molar refractivity (Wildman–Crippen MR) is 124 cm³/mol. The summed E-state index contributed by atoms with van der Waals surface area (Å²) in [4.78, 5) is 17.1. The molecule has 1 aliphatic heterocycles. The van der Waals surface area contributed by atoms with Crippen LogP contribution in [0.2, 0.25) is 0 Å². The quantitative estimate of drug-likeness (QED) is 0.620. The summed E-state index contributed by atoms with van der Waals surface area (Å²) in [6, 6.07) is 16.3. The third-order valence-corrected chi connectivity index (χ3v) is 6.23. The van der Waals surface area contributed by atoms with Crippen LogP contribution in [0.1, 0.15) is 62.8 Å². The molecule has 0 saturated heterocycles. The molecule has 2 heterocycles. The topological polar surface area (TPSA) is 69.0 Å². The Balaban J connectivity index is 1.34. The fourth-order valence-corrected chi connectivity index (χ4v) is 4.42. The summed E-state index contributed by atoms with van der Waals surface area (Å²) in [5.41, 5.74) is 5.37. The van der Waals surface area contributed by atoms with E-state index in [-0.39, 0.29) is 17.2 Å². The maximum absolute atomic E-state index is 12.8. The summed E-state index contributed by atoms with van der Waals surface area (Å²) in [6.45, 7) is 7.15. The number of aromatic nitrogens is 3. The standard InChI is InChI=1S/C26H28N4O2/c1-26(2,3)19-11-7-17(8-12-19)15-32-20-13-9-18(10-14-20)24-23-21(5-4-6-22(23)31)29-25-27-16-28-30(24)25/h7-14,16,24H,4-6,15H2,1-3H3,(H,27,28,29). The molecule has 0 bridgehead atoms. The molecule has 1 aliphatic carbocycles. The number of Topliss-reactive ketones (excluding diaryl/α,β-unsaturated/α-hetero) is 1. The lowest BCUT2D eigenvalue weighted by Crippen LogP contribution is -2.31. The molecule has 3 aromatic rings. The first-order valence-corrected chi connectivity index (χ1v) is 11.1. The average Bonchev–Trinajstić information content (AvgIpc) is 3.25. The van der Waals surface area contributed by atoms with E-state index in [0.717, 1.165) is 41.0 Å². The average molecular weight is 429 g/mol. The lowest BCUT2D eigenvalue weighted by Gasteiger charge is -2.32. The van der Waals surface area contributed by atoms with Crippen LogP contribution in [0, 0.1) is 0 Å². The first-order chi connectivity index (χ1) is 15.4. The largest absolute Gasteiger partial charge is 0.489 e. The van der Waals surface area contributed by atoms with Crippen molar-refractivity contribution in [2.24, 2.45) is 0 Å². The van der Waals surface area contributed by atoms with Crippen molar-refractivity contribution < 1.29 is 9.53 Å². The Hall–Kier alpha value is -3.41. The fraction of sp³-hybridized carbons (Fsp3) is 0.346. The van der Waals surface area contributed by atoms with Crippen molar-refractivity contribution in [2.75, 3.05) is 5.32 Å². The molecule has 1 atom stereocenters. The maximum Gasteiger partial charge on any atom is 0.226 e. The third kappa shape index (κ3) is 3.81. The first-order valence-electron chi connectivity index (χ1n) is 11.1. The Kier molecular flexibility index (Phi) is 5.08. The van der Waals surface area contributed by atoms with Crippen molar-refractivity contribution >= 4 is 11.7 Å². The van der Waals surface area contributed by atoms with Crippen LogP contribution in [0.4, 0.5) is 5.95 Å². The number of hydrogen-bond donors (Lipinski definition) is 1. The zero-order valence-corrected chi connectivity index (χ0v) is 18.8. The molecule has 6 heteroatoms. The van der Waals surface area contributed by atoms with E-state index in [4.69, 9.17) is 4.74 Å². The van der Waals surface area contributed by atoms with Crippen LogP contribution in [-0.2, 0) is 16.8 Å². The SMILES string of the molecule is CC(C)(C)c1ccc(COc2ccc(C3C4=C(CCCC4=O)Nc4ncnn43)cc2)cc1. The summed E-state index contributed by atoms with van der Waals surface area (Å²) in [7, 11) is 0. The fourth-order valence-electron chi connectivity index (χ4n) is 4.42. The van der Waals surface area contributed by atoms with Gasteiger partial charge in [-0.3, -0.25) is 4.79 Å². The molecule has 5 rings (SSSR count). The van der Waals surface area contributed by atoms with E-state index >= 15 is 0 Å². The molecular formula is C26H28N4O2. The Morgan fingerprint density at radius 2 is 1.81 bits per heavy atom. The second-order valence-electron chi connectivity index (χ2n) is 9.53. The normalized spacial score (nSPS) is 18.1. The van der Waals surface area contributed by atoms with Crippen molar-refractivity contribution in [3.8, 4) is 5.75 Å². The lowest BCUT2D eigenvalue weighted by molar-refractivity contribution is -0.116. The number of benzene rings is 2. The van der Waals surface area contributed by atoms with E-state index in [1.54, 1.807) is 4.68 Å². The van der Waals surface area contributed by atoms with Crippen molar-refractivity contribution in [2.45, 2.75) is 58.1 Å². The number of rotatable bonds is 4. The van der Waals surface area contributed by atoms with Gasteiger partial charge in [-0.15, -0.1) is 0 Å². The third-order valence-electron chi connectivity index (χ3n) is 6.23. The number of carbonyl (C=O) groups excluding carboxylic acids is 1. The molecular weight excluding hydrogens is 400 g/mol. The van der Waals surface area contributed by atoms with Gasteiger partial charge >= 0.3 is 0 Å². The summed E-state index contributed by atoms with van der Waals surface area (Å²) >= 11 is 0. The van der Waals surface area contributed by atoms with Crippen LogP contribution in [-0.4, -0.2) is 20.5 Å². The van der Waals surface area contributed by atoms with Gasteiger partial charge in [0.2, 0.25) is 5.95 Å². The van der Waals surface area contributed by atoms with E-state index in [1.165, 1.54) is 11.9 Å². The Morgan fingerprint density at radius 3 is 2.53 bits per heavy atom. The van der Waals surface area contributed by atoms with Crippen molar-refractivity contribution in [3.63, 3.8) is 0 Å². The second-order valence-corrected chi connectivity index (χ2v) is 9.53. The number of nitrogens with zero attached hydrogens (tertiary/aromatic N) is 3. The maximum atomic E-state index is 12.8. The van der Waals surface area contributed by atoms with Gasteiger partial charge in [-0.05, 0) is 47.1 Å². The summed E-state index contributed by atoms with van der Waals surface area (Å²) in [5.74, 6) is 1.66. The highest BCUT2D eigenvalue weighted by atomic mass is 16.5. The zero-order valence-electron chi connectivity index (χ0n) is 18.8. The Bertz CT molecular complexity index is 1170. The number of anilines is 1. The lowest BCUT2D eigenvalue weighted by atomic mass is 9.85. The van der Waals surface area contributed by atoms with Crippen LogP contribution in [0.15, 0.2) is 66.1 Å². The number of carbonyl (C=O) groups is 1. The Morgan fingerprint density at radius 1 is 1.06 bits per heavy atom. The minimum atomic E-state index is -0.254. The van der Waals surface area contributed by atoms with Gasteiger partial charge in [0.15, 0.2) is 5.78 Å². The minimum Gasteiger partial charge on any atom is -0.489 e. The van der Waals surface area contributed by atoms with E-state index in [1.807, 2.05) is 24.3 Å². The van der Waals surface area contributed by atoms with E-state index < -0.39 is 0 Å². The van der Waals surface area contributed by atoms with Gasteiger partial charge in [0.1, 0.15) is 24.7 Å². The van der Waals surface area contributed by atoms with Crippen LogP contribution >= 0.6 is 0 Å². The first kappa shape index (κ1) is 20.5. The molecule has 0 spiro atoms. The predicted octanol–water partition coefficient (Wildman–Crippen LogP) is 5.18. The molecule has 1 N–H and O–H groups in total. The number of hydrogen-bond acceptors (Lipinski definition) is 5. The van der Waals surface area contributed by atoms with Crippen molar-refractivity contribution in [1.82, 2.24) is 14.8 Å². The molecule has 6 nitrogen and oxygen atoms in total. The minimum absolute atomic E-state index is 0.142. The summed E-state index contributed by atoms with van der Waals surface area (Å²) in [6.07, 6.45) is 3.84. The second kappa shape index (κ2) is 7.93. The highest BCUT2D eigenvalue weighted by Gasteiger charge is 2.35. The van der Waals surface area contributed by atoms with Crippen LogP contribution in [0.3, 0.4) is 0 Å². The van der Waals surface area contributed by atoms with Crippen molar-refractivity contribution in [1.29, 1.82) is 0 Å². The summed E-state index contributed by atoms with van der Waals surface area (Å²) < 4.78 is 7.82. The molecule has 2 aromatic carbocycles. The highest BCUT2D eigenvalue weighted by molar-refractivity contribution is 5.99. The van der Waals surface area contributed by atoms with Gasteiger partial charge < -0.3 is 10.1 Å². The van der Waals surface area contributed by atoms with Gasteiger partial charge in [0.05, 0.1) is 0 Å². The van der Waals surface area contributed by atoms with Crippen LogP contribution in [0.5, 0.6) is 5.75 Å². The summed E-state index contributed by atoms with van der Waals surface area (Å²) in [5, 5.41) is 7.68.